The zero-order chi connectivity index (χ0) is 14.4. The SMILES string of the molecule is CC(CO)CSCC(=O)Nc1ccnn1C1CCCC1. The van der Waals surface area contributed by atoms with Crippen molar-refractivity contribution in [1.82, 2.24) is 9.78 Å². The molecule has 0 bridgehead atoms. The van der Waals surface area contributed by atoms with Gasteiger partial charge >= 0.3 is 0 Å². The number of anilines is 1. The molecule has 1 amide bonds. The van der Waals surface area contributed by atoms with Gasteiger partial charge in [-0.2, -0.15) is 16.9 Å². The molecule has 1 aliphatic carbocycles. The molecule has 1 aromatic rings. The topological polar surface area (TPSA) is 67.2 Å². The minimum atomic E-state index is -0.000105. The smallest absolute Gasteiger partial charge is 0.235 e. The number of amides is 1. The molecule has 1 unspecified atom stereocenters. The Hall–Kier alpha value is -1.01. The van der Waals surface area contributed by atoms with Crippen molar-refractivity contribution in [2.75, 3.05) is 23.4 Å². The third-order valence-electron chi connectivity index (χ3n) is 3.56. The van der Waals surface area contributed by atoms with Gasteiger partial charge in [0.1, 0.15) is 5.82 Å². The van der Waals surface area contributed by atoms with Crippen LogP contribution in [0.2, 0.25) is 0 Å². The first-order valence-corrected chi connectivity index (χ1v) is 8.38. The van der Waals surface area contributed by atoms with Gasteiger partial charge in [-0.3, -0.25) is 4.79 Å². The third-order valence-corrected chi connectivity index (χ3v) is 4.83. The number of hydrogen-bond acceptors (Lipinski definition) is 4. The summed E-state index contributed by atoms with van der Waals surface area (Å²) < 4.78 is 1.95. The number of carbonyl (C=O) groups is 1. The molecule has 0 spiro atoms. The quantitative estimate of drug-likeness (QED) is 0.810. The largest absolute Gasteiger partial charge is 0.396 e. The van der Waals surface area contributed by atoms with E-state index in [1.807, 2.05) is 17.7 Å². The Labute approximate surface area is 124 Å². The molecule has 1 aromatic heterocycles. The summed E-state index contributed by atoms with van der Waals surface area (Å²) in [6.45, 7) is 2.14. The maximum absolute atomic E-state index is 11.9. The van der Waals surface area contributed by atoms with Crippen molar-refractivity contribution in [3.63, 3.8) is 0 Å². The number of rotatable bonds is 7. The van der Waals surface area contributed by atoms with Crippen molar-refractivity contribution >= 4 is 23.5 Å². The van der Waals surface area contributed by atoms with Crippen LogP contribution in [0.5, 0.6) is 0 Å². The number of nitrogens with zero attached hydrogens (tertiary/aromatic N) is 2. The molecule has 1 fully saturated rings. The highest BCUT2D eigenvalue weighted by atomic mass is 32.2. The van der Waals surface area contributed by atoms with E-state index in [1.54, 1.807) is 18.0 Å². The van der Waals surface area contributed by atoms with E-state index in [1.165, 1.54) is 12.8 Å². The molecule has 20 heavy (non-hydrogen) atoms. The summed E-state index contributed by atoms with van der Waals surface area (Å²) in [4.78, 5) is 11.9. The average molecular weight is 297 g/mol. The normalized spacial score (nSPS) is 17.3. The Kier molecular flexibility index (Phi) is 5.91. The van der Waals surface area contributed by atoms with Gasteiger partial charge in [0.05, 0.1) is 18.0 Å². The van der Waals surface area contributed by atoms with Crippen molar-refractivity contribution in [2.45, 2.75) is 38.6 Å². The summed E-state index contributed by atoms with van der Waals surface area (Å²) in [5.41, 5.74) is 0. The second-order valence-electron chi connectivity index (χ2n) is 5.45. The highest BCUT2D eigenvalue weighted by Crippen LogP contribution is 2.31. The van der Waals surface area contributed by atoms with Crippen LogP contribution < -0.4 is 5.32 Å². The first kappa shape index (κ1) is 15.4. The maximum Gasteiger partial charge on any atom is 0.235 e. The van der Waals surface area contributed by atoms with Crippen molar-refractivity contribution in [3.05, 3.63) is 12.3 Å². The van der Waals surface area contributed by atoms with Gasteiger partial charge in [0.15, 0.2) is 0 Å². The van der Waals surface area contributed by atoms with Crippen LogP contribution in [0.15, 0.2) is 12.3 Å². The number of hydrogen-bond donors (Lipinski definition) is 2. The molecule has 1 atom stereocenters. The summed E-state index contributed by atoms with van der Waals surface area (Å²) in [6, 6.07) is 2.29. The van der Waals surface area contributed by atoms with Crippen LogP contribution in [0.3, 0.4) is 0 Å². The van der Waals surface area contributed by atoms with E-state index >= 15 is 0 Å². The first-order chi connectivity index (χ1) is 9.70. The molecule has 0 saturated heterocycles. The minimum absolute atomic E-state index is 0.000105. The van der Waals surface area contributed by atoms with Crippen LogP contribution in [0.4, 0.5) is 5.82 Å². The number of carbonyl (C=O) groups excluding carboxylic acids is 1. The zero-order valence-corrected chi connectivity index (χ0v) is 12.7. The lowest BCUT2D eigenvalue weighted by Gasteiger charge is -2.14. The molecule has 0 aliphatic heterocycles. The molecule has 0 radical (unpaired) electrons. The van der Waals surface area contributed by atoms with E-state index < -0.39 is 0 Å². The monoisotopic (exact) mass is 297 g/mol. The molecule has 2 N–H and O–H groups in total. The Balaban J connectivity index is 1.81. The fraction of sp³-hybridized carbons (Fsp3) is 0.714. The molecule has 0 aromatic carbocycles. The van der Waals surface area contributed by atoms with Crippen molar-refractivity contribution in [1.29, 1.82) is 0 Å². The number of nitrogens with one attached hydrogen (secondary N) is 1. The van der Waals surface area contributed by atoms with E-state index in [-0.39, 0.29) is 18.4 Å². The van der Waals surface area contributed by atoms with Crippen LogP contribution in [-0.4, -0.2) is 38.9 Å². The number of aliphatic hydroxyl groups excluding tert-OH is 1. The summed E-state index contributed by atoms with van der Waals surface area (Å²) in [5.74, 6) is 2.25. The highest BCUT2D eigenvalue weighted by molar-refractivity contribution is 7.99. The third kappa shape index (κ3) is 4.24. The minimum Gasteiger partial charge on any atom is -0.396 e. The molecular formula is C14H23N3O2S. The van der Waals surface area contributed by atoms with E-state index in [0.717, 1.165) is 24.4 Å². The Bertz CT molecular complexity index is 430. The van der Waals surface area contributed by atoms with Gasteiger partial charge in [0.2, 0.25) is 5.91 Å². The molecule has 5 nitrogen and oxygen atoms in total. The summed E-state index contributed by atoms with van der Waals surface area (Å²) >= 11 is 1.55. The Morgan fingerprint density at radius 2 is 2.35 bits per heavy atom. The molecule has 112 valence electrons. The standard InChI is InChI=1S/C14H23N3O2S/c1-11(8-18)9-20-10-14(19)16-13-6-7-15-17(13)12-4-2-3-5-12/h6-7,11-12,18H,2-5,8-10H2,1H3,(H,16,19). The highest BCUT2D eigenvalue weighted by Gasteiger charge is 2.20. The lowest BCUT2D eigenvalue weighted by molar-refractivity contribution is -0.113. The van der Waals surface area contributed by atoms with Gasteiger partial charge in [-0.05, 0) is 24.5 Å². The summed E-state index contributed by atoms with van der Waals surface area (Å²) in [5, 5.41) is 16.2. The van der Waals surface area contributed by atoms with E-state index in [2.05, 4.69) is 10.4 Å². The van der Waals surface area contributed by atoms with E-state index in [9.17, 15) is 4.79 Å². The predicted octanol–water partition coefficient (Wildman–Crippen LogP) is 2.30. The van der Waals surface area contributed by atoms with Crippen LogP contribution in [0.1, 0.15) is 38.6 Å². The molecule has 1 saturated carbocycles. The van der Waals surface area contributed by atoms with E-state index in [0.29, 0.717) is 11.8 Å². The zero-order valence-electron chi connectivity index (χ0n) is 11.9. The number of aliphatic hydroxyl groups is 1. The molecular weight excluding hydrogens is 274 g/mol. The van der Waals surface area contributed by atoms with Crippen LogP contribution in [0.25, 0.3) is 0 Å². The van der Waals surface area contributed by atoms with Gasteiger partial charge in [-0.1, -0.05) is 19.8 Å². The Morgan fingerprint density at radius 3 is 3.05 bits per heavy atom. The summed E-state index contributed by atoms with van der Waals surface area (Å²) in [6.07, 6.45) is 6.52. The van der Waals surface area contributed by atoms with Crippen LogP contribution >= 0.6 is 11.8 Å². The van der Waals surface area contributed by atoms with E-state index in [4.69, 9.17) is 5.11 Å². The average Bonchev–Trinajstić information content (AvgIpc) is 3.08. The summed E-state index contributed by atoms with van der Waals surface area (Å²) in [7, 11) is 0. The van der Waals surface area contributed by atoms with Crippen molar-refractivity contribution < 1.29 is 9.90 Å². The molecule has 1 heterocycles. The van der Waals surface area contributed by atoms with Gasteiger partial charge in [-0.25, -0.2) is 4.68 Å². The van der Waals surface area contributed by atoms with Gasteiger partial charge in [0.25, 0.3) is 0 Å². The second kappa shape index (κ2) is 7.69. The lowest BCUT2D eigenvalue weighted by Crippen LogP contribution is -2.19. The van der Waals surface area contributed by atoms with Gasteiger partial charge in [0, 0.05) is 12.7 Å². The maximum atomic E-state index is 11.9. The van der Waals surface area contributed by atoms with Crippen LogP contribution in [0, 0.1) is 5.92 Å². The predicted molar refractivity (Wildman–Crippen MR) is 81.9 cm³/mol. The molecule has 6 heteroatoms. The lowest BCUT2D eigenvalue weighted by atomic mass is 10.2. The fourth-order valence-corrected chi connectivity index (χ4v) is 3.32. The van der Waals surface area contributed by atoms with Crippen molar-refractivity contribution in [3.8, 4) is 0 Å². The number of aromatic nitrogens is 2. The second-order valence-corrected chi connectivity index (χ2v) is 6.48. The Morgan fingerprint density at radius 1 is 1.60 bits per heavy atom. The van der Waals surface area contributed by atoms with Gasteiger partial charge in [-0.15, -0.1) is 0 Å². The number of thioether (sulfide) groups is 1. The molecule has 1 aliphatic rings. The molecule has 2 rings (SSSR count). The van der Waals surface area contributed by atoms with Crippen molar-refractivity contribution in [2.24, 2.45) is 5.92 Å². The van der Waals surface area contributed by atoms with Crippen LogP contribution in [-0.2, 0) is 4.79 Å². The van der Waals surface area contributed by atoms with Gasteiger partial charge < -0.3 is 10.4 Å². The fourth-order valence-electron chi connectivity index (χ4n) is 2.44. The first-order valence-electron chi connectivity index (χ1n) is 7.22.